The first-order chi connectivity index (χ1) is 13.0. The Hall–Kier alpha value is -2.66. The van der Waals surface area contributed by atoms with Gasteiger partial charge in [-0.25, -0.2) is 9.18 Å². The van der Waals surface area contributed by atoms with E-state index in [1.54, 1.807) is 16.7 Å². The van der Waals surface area contributed by atoms with E-state index >= 15 is 0 Å². The highest BCUT2D eigenvalue weighted by molar-refractivity contribution is 5.96. The van der Waals surface area contributed by atoms with Crippen LogP contribution in [0.25, 0.3) is 10.9 Å². The fourth-order valence-electron chi connectivity index (χ4n) is 4.15. The molecule has 2 heterocycles. The van der Waals surface area contributed by atoms with Gasteiger partial charge < -0.3 is 14.6 Å². The van der Waals surface area contributed by atoms with Gasteiger partial charge in [-0.2, -0.15) is 0 Å². The number of carbonyl (C=O) groups is 1. The minimum Gasteiger partial charge on any atom is -0.477 e. The van der Waals surface area contributed by atoms with Gasteiger partial charge in [-0.05, 0) is 74.3 Å². The number of carboxylic acids is 1. The van der Waals surface area contributed by atoms with E-state index in [1.165, 1.54) is 17.7 Å². The summed E-state index contributed by atoms with van der Waals surface area (Å²) < 4.78 is 15.4. The van der Waals surface area contributed by atoms with E-state index in [9.17, 15) is 14.3 Å². The van der Waals surface area contributed by atoms with Crippen LogP contribution in [0.2, 0.25) is 0 Å². The lowest BCUT2D eigenvalue weighted by molar-refractivity contribution is 0.0686. The van der Waals surface area contributed by atoms with Gasteiger partial charge >= 0.3 is 5.97 Å². The van der Waals surface area contributed by atoms with Gasteiger partial charge in [-0.1, -0.05) is 24.3 Å². The van der Waals surface area contributed by atoms with Crippen molar-refractivity contribution in [1.82, 2.24) is 9.47 Å². The summed E-state index contributed by atoms with van der Waals surface area (Å²) >= 11 is 0. The standard InChI is InChI=1S/C22H23FN2O2/c1-24-10-8-16(9-11-24)18-6-3-7-20-19(18)13-21(22(26)27)25(20)14-15-4-2-5-17(23)12-15/h2-7,12-13,16H,8-11,14H2,1H3,(H,26,27). The molecular formula is C22H23FN2O2. The molecule has 1 N–H and O–H groups in total. The van der Waals surface area contributed by atoms with E-state index in [4.69, 9.17) is 0 Å². The largest absolute Gasteiger partial charge is 0.477 e. The normalized spacial score (nSPS) is 16.1. The van der Waals surface area contributed by atoms with E-state index in [1.807, 2.05) is 18.2 Å². The Bertz CT molecular complexity index is 987. The Morgan fingerprint density at radius 1 is 1.15 bits per heavy atom. The SMILES string of the molecule is CN1CCC(c2cccc3c2cc(C(=O)O)n3Cc2cccc(F)c2)CC1. The number of benzene rings is 2. The summed E-state index contributed by atoms with van der Waals surface area (Å²) in [6.07, 6.45) is 2.15. The van der Waals surface area contributed by atoms with Crippen molar-refractivity contribution in [3.05, 3.63) is 71.2 Å². The minimum absolute atomic E-state index is 0.245. The number of hydrogen-bond acceptors (Lipinski definition) is 2. The van der Waals surface area contributed by atoms with Crippen molar-refractivity contribution in [2.45, 2.75) is 25.3 Å². The number of hydrogen-bond donors (Lipinski definition) is 1. The van der Waals surface area contributed by atoms with Gasteiger partial charge in [0, 0.05) is 17.4 Å². The Labute approximate surface area is 157 Å². The highest BCUT2D eigenvalue weighted by Crippen LogP contribution is 2.34. The van der Waals surface area contributed by atoms with Crippen molar-refractivity contribution in [2.75, 3.05) is 20.1 Å². The highest BCUT2D eigenvalue weighted by Gasteiger charge is 2.23. The van der Waals surface area contributed by atoms with E-state index < -0.39 is 5.97 Å². The first kappa shape index (κ1) is 17.7. The molecule has 0 amide bonds. The van der Waals surface area contributed by atoms with Crippen LogP contribution in [0.1, 0.15) is 40.4 Å². The molecule has 3 aromatic rings. The van der Waals surface area contributed by atoms with E-state index in [0.29, 0.717) is 12.5 Å². The molecule has 0 unspecified atom stereocenters. The Morgan fingerprint density at radius 2 is 1.89 bits per heavy atom. The summed E-state index contributed by atoms with van der Waals surface area (Å²) in [5.41, 5.74) is 3.11. The summed E-state index contributed by atoms with van der Waals surface area (Å²) in [7, 11) is 2.13. The van der Waals surface area contributed by atoms with Crippen molar-refractivity contribution in [1.29, 1.82) is 0 Å². The third-order valence-corrected chi connectivity index (χ3v) is 5.59. The molecule has 1 aliphatic heterocycles. The smallest absolute Gasteiger partial charge is 0.352 e. The second-order valence-electron chi connectivity index (χ2n) is 7.41. The zero-order chi connectivity index (χ0) is 19.0. The van der Waals surface area contributed by atoms with Gasteiger partial charge in [0.2, 0.25) is 0 Å². The molecule has 2 aromatic carbocycles. The number of fused-ring (bicyclic) bond motifs is 1. The van der Waals surface area contributed by atoms with Crippen molar-refractivity contribution in [3.8, 4) is 0 Å². The first-order valence-electron chi connectivity index (χ1n) is 9.31. The minimum atomic E-state index is -0.961. The number of nitrogens with zero attached hydrogens (tertiary/aromatic N) is 2. The Morgan fingerprint density at radius 3 is 2.59 bits per heavy atom. The van der Waals surface area contributed by atoms with Gasteiger partial charge in [0.15, 0.2) is 0 Å². The molecule has 0 saturated carbocycles. The second kappa shape index (κ2) is 7.16. The quantitative estimate of drug-likeness (QED) is 0.747. The molecular weight excluding hydrogens is 343 g/mol. The van der Waals surface area contributed by atoms with Gasteiger partial charge in [0.05, 0.1) is 0 Å². The molecule has 4 rings (SSSR count). The van der Waals surface area contributed by atoms with E-state index in [2.05, 4.69) is 18.0 Å². The molecule has 1 aliphatic rings. The fraction of sp³-hybridized carbons (Fsp3) is 0.318. The summed E-state index contributed by atoms with van der Waals surface area (Å²) in [5, 5.41) is 10.7. The van der Waals surface area contributed by atoms with E-state index in [-0.39, 0.29) is 11.5 Å². The predicted octanol–water partition coefficient (Wildman–Crippen LogP) is 4.34. The van der Waals surface area contributed by atoms with Gasteiger partial charge in [0.1, 0.15) is 11.5 Å². The van der Waals surface area contributed by atoms with Crippen LogP contribution < -0.4 is 0 Å². The average Bonchev–Trinajstić information content (AvgIpc) is 3.01. The highest BCUT2D eigenvalue weighted by atomic mass is 19.1. The van der Waals surface area contributed by atoms with Crippen molar-refractivity contribution in [3.63, 3.8) is 0 Å². The maximum absolute atomic E-state index is 13.6. The van der Waals surface area contributed by atoms with Crippen LogP contribution in [0.15, 0.2) is 48.5 Å². The topological polar surface area (TPSA) is 45.5 Å². The number of piperidine rings is 1. The molecule has 4 nitrogen and oxygen atoms in total. The third-order valence-electron chi connectivity index (χ3n) is 5.59. The monoisotopic (exact) mass is 366 g/mol. The first-order valence-corrected chi connectivity index (χ1v) is 9.31. The number of likely N-dealkylation sites (tertiary alicyclic amines) is 1. The molecule has 5 heteroatoms. The van der Waals surface area contributed by atoms with Gasteiger partial charge in [0.25, 0.3) is 0 Å². The zero-order valence-corrected chi connectivity index (χ0v) is 15.4. The second-order valence-corrected chi connectivity index (χ2v) is 7.41. The predicted molar refractivity (Wildman–Crippen MR) is 104 cm³/mol. The van der Waals surface area contributed by atoms with Gasteiger partial charge in [-0.3, -0.25) is 0 Å². The third kappa shape index (κ3) is 3.47. The van der Waals surface area contributed by atoms with Crippen molar-refractivity contribution < 1.29 is 14.3 Å². The maximum Gasteiger partial charge on any atom is 0.352 e. The van der Waals surface area contributed by atoms with E-state index in [0.717, 1.165) is 42.4 Å². The Kier molecular flexibility index (Phi) is 4.70. The van der Waals surface area contributed by atoms with Crippen molar-refractivity contribution in [2.24, 2.45) is 0 Å². The van der Waals surface area contributed by atoms with Crippen LogP contribution in [0.4, 0.5) is 4.39 Å². The van der Waals surface area contributed by atoms with Crippen LogP contribution in [0.5, 0.6) is 0 Å². The van der Waals surface area contributed by atoms with Crippen LogP contribution >= 0.6 is 0 Å². The molecule has 0 bridgehead atoms. The lowest BCUT2D eigenvalue weighted by Gasteiger charge is -2.29. The number of rotatable bonds is 4. The molecule has 0 spiro atoms. The summed E-state index contributed by atoms with van der Waals surface area (Å²) in [6, 6.07) is 14.2. The van der Waals surface area contributed by atoms with Crippen LogP contribution in [0.3, 0.4) is 0 Å². The molecule has 0 radical (unpaired) electrons. The Balaban J connectivity index is 1.80. The lowest BCUT2D eigenvalue weighted by Crippen LogP contribution is -2.29. The fourth-order valence-corrected chi connectivity index (χ4v) is 4.15. The maximum atomic E-state index is 13.6. The number of aromatic carboxylic acids is 1. The summed E-state index contributed by atoms with van der Waals surface area (Å²) in [6.45, 7) is 2.44. The van der Waals surface area contributed by atoms with Crippen molar-refractivity contribution >= 4 is 16.9 Å². The zero-order valence-electron chi connectivity index (χ0n) is 15.4. The van der Waals surface area contributed by atoms with Crippen LogP contribution in [-0.4, -0.2) is 40.7 Å². The summed E-state index contributed by atoms with van der Waals surface area (Å²) in [4.78, 5) is 14.2. The molecule has 140 valence electrons. The summed E-state index contributed by atoms with van der Waals surface area (Å²) in [5.74, 6) is -0.832. The molecule has 27 heavy (non-hydrogen) atoms. The number of aromatic nitrogens is 1. The molecule has 1 saturated heterocycles. The molecule has 0 atom stereocenters. The van der Waals surface area contributed by atoms with Gasteiger partial charge in [-0.15, -0.1) is 0 Å². The van der Waals surface area contributed by atoms with Crippen LogP contribution in [0, 0.1) is 5.82 Å². The average molecular weight is 366 g/mol. The number of halogens is 1. The lowest BCUT2D eigenvalue weighted by atomic mass is 9.87. The molecule has 1 aromatic heterocycles. The molecule has 1 fully saturated rings. The number of carboxylic acid groups (broad SMARTS) is 1. The van der Waals surface area contributed by atoms with Crippen LogP contribution in [-0.2, 0) is 6.54 Å². The molecule has 0 aliphatic carbocycles.